The third kappa shape index (κ3) is 5.64. The van der Waals surface area contributed by atoms with Crippen LogP contribution in [0.5, 0.6) is 0 Å². The molecular formula is C9H15ClO3. The van der Waals surface area contributed by atoms with E-state index < -0.39 is 11.3 Å². The van der Waals surface area contributed by atoms with Gasteiger partial charge < -0.3 is 4.74 Å². The van der Waals surface area contributed by atoms with E-state index in [0.29, 0.717) is 13.0 Å². The van der Waals surface area contributed by atoms with Crippen LogP contribution in [0, 0.1) is 0 Å². The van der Waals surface area contributed by atoms with Gasteiger partial charge in [-0.3, -0.25) is 9.59 Å². The Morgan fingerprint density at radius 2 is 2.00 bits per heavy atom. The fourth-order valence-electron chi connectivity index (χ4n) is 0.879. The molecule has 0 aliphatic heterocycles. The van der Waals surface area contributed by atoms with Crippen LogP contribution in [0.1, 0.15) is 33.1 Å². The van der Waals surface area contributed by atoms with Crippen molar-refractivity contribution >= 4 is 23.4 Å². The van der Waals surface area contributed by atoms with E-state index in [1.807, 2.05) is 6.92 Å². The minimum absolute atomic E-state index is 0.206. The van der Waals surface area contributed by atoms with Gasteiger partial charge in [-0.25, -0.2) is 0 Å². The van der Waals surface area contributed by atoms with Crippen LogP contribution in [0.2, 0.25) is 0 Å². The Morgan fingerprint density at radius 3 is 2.46 bits per heavy atom. The van der Waals surface area contributed by atoms with Crippen molar-refractivity contribution in [3.05, 3.63) is 0 Å². The van der Waals surface area contributed by atoms with E-state index in [9.17, 15) is 9.59 Å². The van der Waals surface area contributed by atoms with E-state index in [0.717, 1.165) is 6.42 Å². The van der Waals surface area contributed by atoms with Gasteiger partial charge in [-0.05, 0) is 13.3 Å². The molecule has 1 atom stereocenters. The number of carbonyl (C=O) groups excluding carboxylic acids is 2. The molecule has 13 heavy (non-hydrogen) atoms. The van der Waals surface area contributed by atoms with Gasteiger partial charge in [-0.2, -0.15) is 0 Å². The highest BCUT2D eigenvalue weighted by Gasteiger charge is 2.18. The number of alkyl halides is 1. The predicted octanol–water partition coefficient (Wildman–Crippen LogP) is 1.92. The molecule has 0 aromatic heterocycles. The van der Waals surface area contributed by atoms with Gasteiger partial charge in [0.1, 0.15) is 6.42 Å². The molecule has 4 heteroatoms. The summed E-state index contributed by atoms with van der Waals surface area (Å²) < 4.78 is 4.62. The molecule has 0 bridgehead atoms. The van der Waals surface area contributed by atoms with Gasteiger partial charge in [-0.15, -0.1) is 11.6 Å². The fraction of sp³-hybridized carbons (Fsp3) is 0.778. The summed E-state index contributed by atoms with van der Waals surface area (Å²) in [6.45, 7) is 3.94. The quantitative estimate of drug-likeness (QED) is 0.379. The van der Waals surface area contributed by atoms with Crippen molar-refractivity contribution in [1.82, 2.24) is 0 Å². The number of Topliss-reactive ketones (excluding diaryl/α,β-unsaturated/α-hetero) is 1. The Morgan fingerprint density at radius 1 is 1.38 bits per heavy atom. The van der Waals surface area contributed by atoms with E-state index in [-0.39, 0.29) is 12.2 Å². The molecule has 0 saturated carbocycles. The van der Waals surface area contributed by atoms with Crippen LogP contribution in [-0.4, -0.2) is 23.7 Å². The lowest BCUT2D eigenvalue weighted by atomic mass is 10.1. The van der Waals surface area contributed by atoms with Gasteiger partial charge >= 0.3 is 5.97 Å². The van der Waals surface area contributed by atoms with Gasteiger partial charge in [0, 0.05) is 0 Å². The van der Waals surface area contributed by atoms with E-state index in [4.69, 9.17) is 11.6 Å². The first-order valence-electron chi connectivity index (χ1n) is 4.44. The van der Waals surface area contributed by atoms with Crippen LogP contribution in [0.15, 0.2) is 0 Å². The second-order valence-electron chi connectivity index (χ2n) is 2.70. The molecular weight excluding hydrogens is 192 g/mol. The second kappa shape index (κ2) is 6.89. The highest BCUT2D eigenvalue weighted by molar-refractivity contribution is 6.32. The minimum atomic E-state index is -0.547. The number of hydrogen-bond donors (Lipinski definition) is 0. The molecule has 0 aliphatic carbocycles. The zero-order valence-electron chi connectivity index (χ0n) is 8.01. The fourth-order valence-corrected chi connectivity index (χ4v) is 1.17. The molecule has 1 unspecified atom stereocenters. The van der Waals surface area contributed by atoms with Crippen LogP contribution in [0.3, 0.4) is 0 Å². The standard InChI is InChI=1S/C9H15ClO3/c1-3-5-7(10)8(11)6-9(12)13-4-2/h7H,3-6H2,1-2H3. The first kappa shape index (κ1) is 12.4. The lowest BCUT2D eigenvalue weighted by Gasteiger charge is -2.05. The maximum Gasteiger partial charge on any atom is 0.313 e. The van der Waals surface area contributed by atoms with E-state index in [1.54, 1.807) is 6.92 Å². The van der Waals surface area contributed by atoms with Gasteiger partial charge in [0.15, 0.2) is 5.78 Å². The summed E-state index contributed by atoms with van der Waals surface area (Å²) in [6, 6.07) is 0. The van der Waals surface area contributed by atoms with Crippen molar-refractivity contribution in [3.8, 4) is 0 Å². The van der Waals surface area contributed by atoms with Crippen molar-refractivity contribution in [1.29, 1.82) is 0 Å². The Bertz CT molecular complexity index is 180. The molecule has 0 saturated heterocycles. The van der Waals surface area contributed by atoms with Gasteiger partial charge in [0.25, 0.3) is 0 Å². The van der Waals surface area contributed by atoms with Gasteiger partial charge in [0.05, 0.1) is 12.0 Å². The van der Waals surface area contributed by atoms with Gasteiger partial charge in [-0.1, -0.05) is 13.3 Å². The maximum absolute atomic E-state index is 11.2. The number of rotatable bonds is 6. The lowest BCUT2D eigenvalue weighted by Crippen LogP contribution is -2.19. The molecule has 0 fully saturated rings. The molecule has 0 aliphatic rings. The third-order valence-corrected chi connectivity index (χ3v) is 1.98. The van der Waals surface area contributed by atoms with Crippen molar-refractivity contribution in [2.45, 2.75) is 38.5 Å². The number of ketones is 1. The topological polar surface area (TPSA) is 43.4 Å². The van der Waals surface area contributed by atoms with Crippen molar-refractivity contribution in [3.63, 3.8) is 0 Å². The van der Waals surface area contributed by atoms with Crippen LogP contribution in [-0.2, 0) is 14.3 Å². The van der Waals surface area contributed by atoms with E-state index in [2.05, 4.69) is 4.74 Å². The number of halogens is 1. The Hall–Kier alpha value is -0.570. The molecule has 0 N–H and O–H groups in total. The smallest absolute Gasteiger partial charge is 0.313 e. The summed E-state index contributed by atoms with van der Waals surface area (Å²) in [4.78, 5) is 22.0. The summed E-state index contributed by atoms with van der Waals surface area (Å²) in [7, 11) is 0. The van der Waals surface area contributed by atoms with Gasteiger partial charge in [0.2, 0.25) is 0 Å². The van der Waals surface area contributed by atoms with E-state index >= 15 is 0 Å². The molecule has 0 heterocycles. The monoisotopic (exact) mass is 206 g/mol. The second-order valence-corrected chi connectivity index (χ2v) is 3.23. The molecule has 3 nitrogen and oxygen atoms in total. The summed E-state index contributed by atoms with van der Waals surface area (Å²) in [5.74, 6) is -0.740. The largest absolute Gasteiger partial charge is 0.466 e. The zero-order valence-corrected chi connectivity index (χ0v) is 8.76. The summed E-state index contributed by atoms with van der Waals surface area (Å²) >= 11 is 5.72. The van der Waals surface area contributed by atoms with Crippen LogP contribution in [0.4, 0.5) is 0 Å². The first-order chi connectivity index (χ1) is 6.11. The first-order valence-corrected chi connectivity index (χ1v) is 4.87. The van der Waals surface area contributed by atoms with Crippen molar-refractivity contribution in [2.75, 3.05) is 6.61 Å². The molecule has 0 rings (SSSR count). The maximum atomic E-state index is 11.2. The average molecular weight is 207 g/mol. The highest BCUT2D eigenvalue weighted by Crippen LogP contribution is 2.08. The summed E-state index contributed by atoms with van der Waals surface area (Å²) in [6.07, 6.45) is 1.24. The average Bonchev–Trinajstić information content (AvgIpc) is 2.05. The molecule has 76 valence electrons. The summed E-state index contributed by atoms with van der Waals surface area (Å²) in [5.41, 5.74) is 0. The minimum Gasteiger partial charge on any atom is -0.466 e. The van der Waals surface area contributed by atoms with Crippen LogP contribution in [0.25, 0.3) is 0 Å². The number of hydrogen-bond acceptors (Lipinski definition) is 3. The third-order valence-electron chi connectivity index (χ3n) is 1.52. The van der Waals surface area contributed by atoms with Crippen LogP contribution < -0.4 is 0 Å². The molecule has 0 spiro atoms. The lowest BCUT2D eigenvalue weighted by molar-refractivity contribution is -0.145. The number of ether oxygens (including phenoxy) is 1. The molecule has 0 radical (unpaired) electrons. The zero-order chi connectivity index (χ0) is 10.3. The Kier molecular flexibility index (Phi) is 6.59. The number of esters is 1. The normalized spacial score (nSPS) is 12.2. The van der Waals surface area contributed by atoms with Crippen LogP contribution >= 0.6 is 11.6 Å². The van der Waals surface area contributed by atoms with Crippen molar-refractivity contribution in [2.24, 2.45) is 0 Å². The summed E-state index contributed by atoms with van der Waals surface area (Å²) in [5, 5.41) is -0.547. The SMILES string of the molecule is CCCC(Cl)C(=O)CC(=O)OCC. The molecule has 0 aromatic rings. The molecule has 0 amide bonds. The predicted molar refractivity (Wildman–Crippen MR) is 50.8 cm³/mol. The van der Waals surface area contributed by atoms with Crippen molar-refractivity contribution < 1.29 is 14.3 Å². The van der Waals surface area contributed by atoms with E-state index in [1.165, 1.54) is 0 Å². The Labute approximate surface area is 83.4 Å². The Balaban J connectivity index is 3.78. The highest BCUT2D eigenvalue weighted by atomic mass is 35.5. The molecule has 0 aromatic carbocycles. The number of carbonyl (C=O) groups is 2.